The van der Waals surface area contributed by atoms with Gasteiger partial charge in [0, 0.05) is 13.8 Å². The Labute approximate surface area is 110 Å². The monoisotopic (exact) mass is 282 g/mol. The number of nitriles is 1. The Hall–Kier alpha value is -1.32. The zero-order valence-electron chi connectivity index (χ0n) is 10.9. The van der Waals surface area contributed by atoms with Gasteiger partial charge >= 0.3 is 0 Å². The summed E-state index contributed by atoms with van der Waals surface area (Å²) in [7, 11) is -4.69. The molecule has 0 fully saturated rings. The van der Waals surface area contributed by atoms with E-state index in [1.807, 2.05) is 6.07 Å². The van der Waals surface area contributed by atoms with Crippen LogP contribution >= 0.6 is 0 Å². The molecule has 0 bridgehead atoms. The second-order valence-corrected chi connectivity index (χ2v) is 12.9. The summed E-state index contributed by atoms with van der Waals surface area (Å²) in [5.41, 5.74) is 0.894. The molecule has 1 aromatic carbocycles. The number of nitrogens with zero attached hydrogens (tertiary/aromatic N) is 1. The van der Waals surface area contributed by atoms with E-state index in [-0.39, 0.29) is 5.75 Å². The van der Waals surface area contributed by atoms with Crippen molar-refractivity contribution >= 4 is 23.8 Å². The SMILES string of the molecule is C[Si](C)(C)CCS(=O)(=O)Nc1cccc(C#N)c1. The molecule has 0 amide bonds. The first-order chi connectivity index (χ1) is 8.22. The summed E-state index contributed by atoms with van der Waals surface area (Å²) in [6.07, 6.45) is 0. The van der Waals surface area contributed by atoms with Crippen molar-refractivity contribution in [2.45, 2.75) is 25.7 Å². The Balaban J connectivity index is 2.74. The second-order valence-electron chi connectivity index (χ2n) is 5.42. The molecule has 18 heavy (non-hydrogen) atoms. The highest BCUT2D eigenvalue weighted by Crippen LogP contribution is 2.14. The molecule has 1 N–H and O–H groups in total. The van der Waals surface area contributed by atoms with Gasteiger partial charge in [0.05, 0.1) is 17.4 Å². The highest BCUT2D eigenvalue weighted by atomic mass is 32.2. The largest absolute Gasteiger partial charge is 0.284 e. The molecule has 0 aliphatic heterocycles. The fraction of sp³-hybridized carbons (Fsp3) is 0.417. The van der Waals surface area contributed by atoms with Crippen LogP contribution in [0.5, 0.6) is 0 Å². The third-order valence-electron chi connectivity index (χ3n) is 2.39. The molecule has 1 rings (SSSR count). The van der Waals surface area contributed by atoms with Crippen molar-refractivity contribution in [2.24, 2.45) is 0 Å². The minimum Gasteiger partial charge on any atom is -0.284 e. The first-order valence-corrected chi connectivity index (χ1v) is 11.1. The van der Waals surface area contributed by atoms with Crippen molar-refractivity contribution in [3.05, 3.63) is 29.8 Å². The van der Waals surface area contributed by atoms with E-state index in [4.69, 9.17) is 5.26 Å². The lowest BCUT2D eigenvalue weighted by Gasteiger charge is -2.16. The first-order valence-electron chi connectivity index (χ1n) is 5.72. The van der Waals surface area contributed by atoms with Crippen LogP contribution in [0.2, 0.25) is 25.7 Å². The summed E-state index contributed by atoms with van der Waals surface area (Å²) in [5.74, 6) is 0.138. The molecular weight excluding hydrogens is 264 g/mol. The zero-order chi connectivity index (χ0) is 13.8. The molecule has 0 radical (unpaired) electrons. The van der Waals surface area contributed by atoms with E-state index < -0.39 is 18.1 Å². The molecule has 0 aliphatic carbocycles. The molecule has 0 atom stereocenters. The molecule has 1 aromatic rings. The minimum atomic E-state index is -3.32. The maximum Gasteiger partial charge on any atom is 0.232 e. The van der Waals surface area contributed by atoms with E-state index in [0.29, 0.717) is 11.3 Å². The Morgan fingerprint density at radius 1 is 1.33 bits per heavy atom. The molecule has 6 heteroatoms. The van der Waals surface area contributed by atoms with E-state index >= 15 is 0 Å². The summed E-state index contributed by atoms with van der Waals surface area (Å²) < 4.78 is 26.3. The predicted molar refractivity (Wildman–Crippen MR) is 76.7 cm³/mol. The summed E-state index contributed by atoms with van der Waals surface area (Å²) in [6.45, 7) is 6.41. The standard InChI is InChI=1S/C12H18N2O2SSi/c1-18(2,3)8-7-17(15,16)14-12-6-4-5-11(9-12)10-13/h4-6,9,14H,7-8H2,1-3H3. The van der Waals surface area contributed by atoms with Crippen molar-refractivity contribution in [2.75, 3.05) is 10.5 Å². The van der Waals surface area contributed by atoms with E-state index in [9.17, 15) is 8.42 Å². The average molecular weight is 282 g/mol. The van der Waals surface area contributed by atoms with Crippen LogP contribution < -0.4 is 4.72 Å². The number of sulfonamides is 1. The van der Waals surface area contributed by atoms with Gasteiger partial charge in [-0.15, -0.1) is 0 Å². The van der Waals surface area contributed by atoms with E-state index in [1.54, 1.807) is 18.2 Å². The lowest BCUT2D eigenvalue weighted by molar-refractivity contribution is 0.602. The van der Waals surface area contributed by atoms with Gasteiger partial charge in [0.1, 0.15) is 0 Å². The van der Waals surface area contributed by atoms with Gasteiger partial charge in [-0.2, -0.15) is 5.26 Å². The number of nitrogens with one attached hydrogen (secondary N) is 1. The fourth-order valence-electron chi connectivity index (χ4n) is 1.32. The number of hydrogen-bond donors (Lipinski definition) is 1. The average Bonchev–Trinajstić information content (AvgIpc) is 2.25. The minimum absolute atomic E-state index is 0.138. The second kappa shape index (κ2) is 5.55. The van der Waals surface area contributed by atoms with Gasteiger partial charge in [-0.1, -0.05) is 25.7 Å². The Morgan fingerprint density at radius 2 is 2.00 bits per heavy atom. The van der Waals surface area contributed by atoms with E-state index in [2.05, 4.69) is 24.4 Å². The van der Waals surface area contributed by atoms with Gasteiger partial charge in [0.2, 0.25) is 10.0 Å². The molecule has 4 nitrogen and oxygen atoms in total. The molecule has 0 aromatic heterocycles. The molecule has 0 unspecified atom stereocenters. The molecule has 0 saturated heterocycles. The van der Waals surface area contributed by atoms with Gasteiger partial charge in [0.15, 0.2) is 0 Å². The molecular formula is C12H18N2O2SSi. The lowest BCUT2D eigenvalue weighted by atomic mass is 10.2. The smallest absolute Gasteiger partial charge is 0.232 e. The van der Waals surface area contributed by atoms with Crippen LogP contribution in [0, 0.1) is 11.3 Å². The van der Waals surface area contributed by atoms with Crippen LogP contribution in [0.4, 0.5) is 5.69 Å². The molecule has 0 aliphatic rings. The van der Waals surface area contributed by atoms with E-state index in [0.717, 1.165) is 6.04 Å². The van der Waals surface area contributed by atoms with Crippen LogP contribution in [0.3, 0.4) is 0 Å². The summed E-state index contributed by atoms with van der Waals surface area (Å²) in [4.78, 5) is 0. The highest BCUT2D eigenvalue weighted by molar-refractivity contribution is 7.92. The van der Waals surface area contributed by atoms with Gasteiger partial charge in [-0.05, 0) is 24.2 Å². The van der Waals surface area contributed by atoms with Crippen LogP contribution in [-0.2, 0) is 10.0 Å². The van der Waals surface area contributed by atoms with Crippen LogP contribution in [0.25, 0.3) is 0 Å². The highest BCUT2D eigenvalue weighted by Gasteiger charge is 2.18. The van der Waals surface area contributed by atoms with Crippen LogP contribution in [-0.4, -0.2) is 22.2 Å². The predicted octanol–water partition coefficient (Wildman–Crippen LogP) is 2.64. The van der Waals surface area contributed by atoms with Crippen molar-refractivity contribution < 1.29 is 8.42 Å². The zero-order valence-corrected chi connectivity index (χ0v) is 12.7. The Kier molecular flexibility index (Phi) is 4.54. The van der Waals surface area contributed by atoms with Gasteiger partial charge < -0.3 is 0 Å². The number of rotatable bonds is 5. The quantitative estimate of drug-likeness (QED) is 0.844. The van der Waals surface area contributed by atoms with Crippen molar-refractivity contribution in [3.8, 4) is 6.07 Å². The van der Waals surface area contributed by atoms with Crippen LogP contribution in [0.1, 0.15) is 5.56 Å². The maximum atomic E-state index is 11.9. The number of benzene rings is 1. The third kappa shape index (κ3) is 5.34. The van der Waals surface area contributed by atoms with E-state index in [1.165, 1.54) is 6.07 Å². The lowest BCUT2D eigenvalue weighted by Crippen LogP contribution is -2.26. The van der Waals surface area contributed by atoms with Gasteiger partial charge in [-0.3, -0.25) is 4.72 Å². The van der Waals surface area contributed by atoms with Crippen LogP contribution in [0.15, 0.2) is 24.3 Å². The third-order valence-corrected chi connectivity index (χ3v) is 5.79. The first kappa shape index (κ1) is 14.7. The molecule has 0 heterocycles. The summed E-state index contributed by atoms with van der Waals surface area (Å²) in [5, 5.41) is 8.75. The van der Waals surface area contributed by atoms with Crippen molar-refractivity contribution in [1.29, 1.82) is 5.26 Å². The number of anilines is 1. The molecule has 0 saturated carbocycles. The Morgan fingerprint density at radius 3 is 2.56 bits per heavy atom. The Bertz CT molecular complexity index is 556. The van der Waals surface area contributed by atoms with Gasteiger partial charge in [-0.25, -0.2) is 8.42 Å². The van der Waals surface area contributed by atoms with Crippen molar-refractivity contribution in [1.82, 2.24) is 0 Å². The normalized spacial score (nSPS) is 11.9. The summed E-state index contributed by atoms with van der Waals surface area (Å²) >= 11 is 0. The molecule has 98 valence electrons. The molecule has 0 spiro atoms. The fourth-order valence-corrected chi connectivity index (χ4v) is 5.44. The van der Waals surface area contributed by atoms with Gasteiger partial charge in [0.25, 0.3) is 0 Å². The summed E-state index contributed by atoms with van der Waals surface area (Å²) in [6, 6.07) is 9.18. The number of hydrogen-bond acceptors (Lipinski definition) is 3. The maximum absolute atomic E-state index is 11.9. The topological polar surface area (TPSA) is 70.0 Å². The van der Waals surface area contributed by atoms with Crippen molar-refractivity contribution in [3.63, 3.8) is 0 Å².